The molecule has 0 aliphatic heterocycles. The van der Waals surface area contributed by atoms with Gasteiger partial charge in [-0.3, -0.25) is 4.79 Å². The predicted molar refractivity (Wildman–Crippen MR) is 63.7 cm³/mol. The van der Waals surface area contributed by atoms with Crippen molar-refractivity contribution < 1.29 is 4.79 Å². The molecule has 0 spiro atoms. The highest BCUT2D eigenvalue weighted by atomic mass is 16.1. The summed E-state index contributed by atoms with van der Waals surface area (Å²) in [4.78, 5) is 13.6. The third-order valence-electron chi connectivity index (χ3n) is 2.55. The summed E-state index contributed by atoms with van der Waals surface area (Å²) in [5, 5.41) is 2.80. The van der Waals surface area contributed by atoms with Gasteiger partial charge in [0.1, 0.15) is 0 Å². The summed E-state index contributed by atoms with van der Waals surface area (Å²) in [6.07, 6.45) is 2.83. The van der Waals surface area contributed by atoms with Crippen molar-refractivity contribution in [3.8, 4) is 0 Å². The van der Waals surface area contributed by atoms with E-state index in [1.54, 1.807) is 0 Å². The first-order valence-electron chi connectivity index (χ1n) is 5.82. The number of unbranched alkanes of at least 4 members (excludes halogenated alkanes) is 1. The Morgan fingerprint density at radius 3 is 2.60 bits per heavy atom. The molecule has 0 radical (unpaired) electrons. The number of hydrogen-bond donors (Lipinski definition) is 2. The van der Waals surface area contributed by atoms with E-state index in [2.05, 4.69) is 17.1 Å². The van der Waals surface area contributed by atoms with Gasteiger partial charge in [-0.15, -0.1) is 0 Å². The van der Waals surface area contributed by atoms with Crippen LogP contribution >= 0.6 is 0 Å². The summed E-state index contributed by atoms with van der Waals surface area (Å²) in [6, 6.07) is 0.170. The van der Waals surface area contributed by atoms with E-state index < -0.39 is 0 Å². The topological polar surface area (TPSA) is 58.4 Å². The Balaban J connectivity index is 3.93. The zero-order valence-electron chi connectivity index (χ0n) is 10.3. The number of hydrogen-bond acceptors (Lipinski definition) is 3. The molecule has 0 fully saturated rings. The van der Waals surface area contributed by atoms with E-state index in [1.807, 2.05) is 14.0 Å². The van der Waals surface area contributed by atoms with E-state index in [-0.39, 0.29) is 11.9 Å². The Kier molecular flexibility index (Phi) is 8.33. The first-order chi connectivity index (χ1) is 7.15. The lowest BCUT2D eigenvalue weighted by Crippen LogP contribution is -2.42. The Morgan fingerprint density at radius 1 is 1.47 bits per heavy atom. The van der Waals surface area contributed by atoms with E-state index in [1.165, 1.54) is 6.42 Å². The molecular weight excluding hydrogens is 190 g/mol. The molecule has 1 amide bonds. The van der Waals surface area contributed by atoms with Crippen molar-refractivity contribution >= 4 is 5.91 Å². The molecule has 1 unspecified atom stereocenters. The fraction of sp³-hybridized carbons (Fsp3) is 0.909. The largest absolute Gasteiger partial charge is 0.356 e. The Hall–Kier alpha value is -0.610. The average molecular weight is 215 g/mol. The SMILES string of the molecule is CCCCN(C)C(CN)CC(=O)NCC. The van der Waals surface area contributed by atoms with Gasteiger partial charge in [0.2, 0.25) is 5.91 Å². The molecule has 0 heterocycles. The van der Waals surface area contributed by atoms with Crippen LogP contribution in [0, 0.1) is 0 Å². The quantitative estimate of drug-likeness (QED) is 0.622. The molecule has 90 valence electrons. The maximum absolute atomic E-state index is 11.4. The van der Waals surface area contributed by atoms with Crippen LogP contribution in [0.5, 0.6) is 0 Å². The number of carbonyl (C=O) groups excluding carboxylic acids is 1. The van der Waals surface area contributed by atoms with Crippen LogP contribution in [0.2, 0.25) is 0 Å². The molecule has 3 N–H and O–H groups in total. The highest BCUT2D eigenvalue weighted by Crippen LogP contribution is 2.02. The summed E-state index contributed by atoms with van der Waals surface area (Å²) >= 11 is 0. The first-order valence-corrected chi connectivity index (χ1v) is 5.82. The Bertz CT molecular complexity index is 173. The molecule has 4 nitrogen and oxygen atoms in total. The van der Waals surface area contributed by atoms with Crippen molar-refractivity contribution in [1.82, 2.24) is 10.2 Å². The van der Waals surface area contributed by atoms with Gasteiger partial charge < -0.3 is 16.0 Å². The number of carbonyl (C=O) groups is 1. The number of nitrogens with one attached hydrogen (secondary N) is 1. The fourth-order valence-corrected chi connectivity index (χ4v) is 1.49. The monoisotopic (exact) mass is 215 g/mol. The van der Waals surface area contributed by atoms with Crippen molar-refractivity contribution in [3.63, 3.8) is 0 Å². The second kappa shape index (κ2) is 8.68. The molecule has 15 heavy (non-hydrogen) atoms. The molecule has 0 rings (SSSR count). The number of rotatable bonds is 8. The minimum Gasteiger partial charge on any atom is -0.356 e. The van der Waals surface area contributed by atoms with Crippen LogP contribution in [0.15, 0.2) is 0 Å². The van der Waals surface area contributed by atoms with Crippen LogP contribution in [0.4, 0.5) is 0 Å². The minimum atomic E-state index is 0.0938. The van der Waals surface area contributed by atoms with Gasteiger partial charge in [0.25, 0.3) is 0 Å². The fourth-order valence-electron chi connectivity index (χ4n) is 1.49. The smallest absolute Gasteiger partial charge is 0.221 e. The number of nitrogens with two attached hydrogens (primary N) is 1. The average Bonchev–Trinajstić information content (AvgIpc) is 2.22. The van der Waals surface area contributed by atoms with Crippen molar-refractivity contribution in [2.24, 2.45) is 5.73 Å². The van der Waals surface area contributed by atoms with E-state index in [0.29, 0.717) is 19.5 Å². The van der Waals surface area contributed by atoms with E-state index in [9.17, 15) is 4.79 Å². The zero-order valence-corrected chi connectivity index (χ0v) is 10.3. The molecule has 1 atom stereocenters. The molecule has 0 aromatic heterocycles. The first kappa shape index (κ1) is 14.4. The highest BCUT2D eigenvalue weighted by Gasteiger charge is 2.15. The van der Waals surface area contributed by atoms with Crippen LogP contribution in [-0.2, 0) is 4.79 Å². The normalized spacial score (nSPS) is 12.9. The minimum absolute atomic E-state index is 0.0938. The van der Waals surface area contributed by atoms with E-state index in [4.69, 9.17) is 5.73 Å². The van der Waals surface area contributed by atoms with E-state index in [0.717, 1.165) is 13.0 Å². The van der Waals surface area contributed by atoms with Gasteiger partial charge in [-0.05, 0) is 26.9 Å². The van der Waals surface area contributed by atoms with Crippen molar-refractivity contribution in [3.05, 3.63) is 0 Å². The van der Waals surface area contributed by atoms with Crippen LogP contribution in [0.1, 0.15) is 33.1 Å². The predicted octanol–water partition coefficient (Wildman–Crippen LogP) is 0.572. The van der Waals surface area contributed by atoms with Crippen molar-refractivity contribution in [2.75, 3.05) is 26.7 Å². The Labute approximate surface area is 93.2 Å². The summed E-state index contributed by atoms with van der Waals surface area (Å²) < 4.78 is 0. The van der Waals surface area contributed by atoms with Gasteiger partial charge in [-0.2, -0.15) is 0 Å². The van der Waals surface area contributed by atoms with Gasteiger partial charge in [-0.25, -0.2) is 0 Å². The summed E-state index contributed by atoms with van der Waals surface area (Å²) in [6.45, 7) is 6.33. The Morgan fingerprint density at radius 2 is 2.13 bits per heavy atom. The molecule has 0 aliphatic rings. The second-order valence-electron chi connectivity index (χ2n) is 3.88. The molecule has 0 aromatic carbocycles. The molecule has 0 saturated heterocycles. The van der Waals surface area contributed by atoms with Gasteiger partial charge >= 0.3 is 0 Å². The lowest BCUT2D eigenvalue weighted by atomic mass is 10.1. The van der Waals surface area contributed by atoms with Crippen molar-refractivity contribution in [2.45, 2.75) is 39.2 Å². The van der Waals surface area contributed by atoms with Crippen molar-refractivity contribution in [1.29, 1.82) is 0 Å². The molecule has 0 saturated carbocycles. The lowest BCUT2D eigenvalue weighted by molar-refractivity contribution is -0.122. The maximum Gasteiger partial charge on any atom is 0.221 e. The molecular formula is C11H25N3O. The molecule has 0 aromatic rings. The van der Waals surface area contributed by atoms with Crippen LogP contribution in [0.25, 0.3) is 0 Å². The van der Waals surface area contributed by atoms with Gasteiger partial charge in [-0.1, -0.05) is 13.3 Å². The van der Waals surface area contributed by atoms with Crippen LogP contribution in [-0.4, -0.2) is 43.5 Å². The van der Waals surface area contributed by atoms with Gasteiger partial charge in [0, 0.05) is 25.6 Å². The van der Waals surface area contributed by atoms with Gasteiger partial charge in [0.15, 0.2) is 0 Å². The number of amides is 1. The number of likely N-dealkylation sites (N-methyl/N-ethyl adjacent to an activating group) is 1. The number of nitrogens with zero attached hydrogens (tertiary/aromatic N) is 1. The van der Waals surface area contributed by atoms with Gasteiger partial charge in [0.05, 0.1) is 0 Å². The molecule has 4 heteroatoms. The standard InChI is InChI=1S/C11H25N3O/c1-4-6-7-14(3)10(9-12)8-11(15)13-5-2/h10H,4-9,12H2,1-3H3,(H,13,15). The maximum atomic E-state index is 11.4. The summed E-state index contributed by atoms with van der Waals surface area (Å²) in [5.41, 5.74) is 5.67. The zero-order chi connectivity index (χ0) is 11.7. The van der Waals surface area contributed by atoms with Crippen LogP contribution < -0.4 is 11.1 Å². The van der Waals surface area contributed by atoms with E-state index >= 15 is 0 Å². The molecule has 0 aliphatic carbocycles. The third kappa shape index (κ3) is 6.47. The second-order valence-corrected chi connectivity index (χ2v) is 3.88. The third-order valence-corrected chi connectivity index (χ3v) is 2.55. The summed E-state index contributed by atoms with van der Waals surface area (Å²) in [5.74, 6) is 0.0938. The lowest BCUT2D eigenvalue weighted by Gasteiger charge is -2.26. The highest BCUT2D eigenvalue weighted by molar-refractivity contribution is 5.76. The molecule has 0 bridgehead atoms. The summed E-state index contributed by atoms with van der Waals surface area (Å²) in [7, 11) is 2.03. The van der Waals surface area contributed by atoms with Crippen LogP contribution in [0.3, 0.4) is 0 Å².